The molecule has 0 aliphatic carbocycles. The monoisotopic (exact) mass is 454 g/mol. The minimum Gasteiger partial charge on any atom is -0.337 e. The van der Waals surface area contributed by atoms with Crippen molar-refractivity contribution in [3.63, 3.8) is 0 Å². The molecule has 1 aromatic heterocycles. The van der Waals surface area contributed by atoms with E-state index in [9.17, 15) is 4.21 Å². The van der Waals surface area contributed by atoms with Crippen molar-refractivity contribution in [3.05, 3.63) is 88.9 Å². The zero-order chi connectivity index (χ0) is 21.1. The molecule has 0 saturated heterocycles. The molecule has 2 N–H and O–H groups in total. The van der Waals surface area contributed by atoms with E-state index in [1.165, 1.54) is 0 Å². The van der Waals surface area contributed by atoms with Crippen LogP contribution in [0.25, 0.3) is 17.1 Å². The van der Waals surface area contributed by atoms with Crippen LogP contribution in [0.15, 0.2) is 78.2 Å². The Hall–Kier alpha value is -2.93. The predicted octanol–water partition coefficient (Wildman–Crippen LogP) is 6.46. The molecule has 3 aromatic carbocycles. The maximum Gasteiger partial charge on any atom is 0.182 e. The fraction of sp³-hybridized carbons (Fsp3) is 0. The van der Waals surface area contributed by atoms with Crippen molar-refractivity contribution in [1.29, 1.82) is 0 Å². The average molecular weight is 455 g/mol. The zero-order valence-electron chi connectivity index (χ0n) is 15.6. The summed E-state index contributed by atoms with van der Waals surface area (Å²) in [5.41, 5.74) is 2.93. The van der Waals surface area contributed by atoms with E-state index in [2.05, 4.69) is 26.6 Å². The lowest BCUT2D eigenvalue weighted by atomic mass is 10.2. The minimum atomic E-state index is -1.55. The third-order valence-electron chi connectivity index (χ3n) is 4.27. The van der Waals surface area contributed by atoms with Gasteiger partial charge in [-0.05, 0) is 54.1 Å². The van der Waals surface area contributed by atoms with Crippen LogP contribution in [0.1, 0.15) is 5.56 Å². The van der Waals surface area contributed by atoms with E-state index in [4.69, 9.17) is 23.2 Å². The van der Waals surface area contributed by atoms with Gasteiger partial charge in [0, 0.05) is 15.7 Å². The van der Waals surface area contributed by atoms with Gasteiger partial charge >= 0.3 is 0 Å². The normalized spacial score (nSPS) is 11.8. The molecule has 4 rings (SSSR count). The minimum absolute atomic E-state index is 0.353. The summed E-state index contributed by atoms with van der Waals surface area (Å²) in [6, 6.07) is 19.7. The van der Waals surface area contributed by atoms with Gasteiger partial charge in [-0.25, -0.2) is 14.2 Å². The highest BCUT2D eigenvalue weighted by atomic mass is 35.5. The van der Waals surface area contributed by atoms with Crippen molar-refractivity contribution in [2.24, 2.45) is 0 Å². The summed E-state index contributed by atoms with van der Waals surface area (Å²) < 4.78 is 15.8. The topological polar surface area (TPSA) is 66.9 Å². The van der Waals surface area contributed by atoms with E-state index >= 15 is 0 Å². The van der Waals surface area contributed by atoms with E-state index in [0.717, 1.165) is 11.3 Å². The van der Waals surface area contributed by atoms with Crippen molar-refractivity contribution in [3.8, 4) is 0 Å². The van der Waals surface area contributed by atoms with Gasteiger partial charge < -0.3 is 5.32 Å². The predicted molar refractivity (Wildman–Crippen MR) is 126 cm³/mol. The number of nitrogens with zero attached hydrogens (tertiary/aromatic N) is 2. The summed E-state index contributed by atoms with van der Waals surface area (Å²) in [5.74, 6) is 0.782. The van der Waals surface area contributed by atoms with Crippen LogP contribution in [0.5, 0.6) is 0 Å². The number of fused-ring (bicyclic) bond motifs is 1. The van der Waals surface area contributed by atoms with Crippen molar-refractivity contribution in [1.82, 2.24) is 9.97 Å². The second-order valence-corrected chi connectivity index (χ2v) is 8.36. The molecule has 1 atom stereocenters. The Kier molecular flexibility index (Phi) is 5.99. The van der Waals surface area contributed by atoms with Gasteiger partial charge in [0.25, 0.3) is 0 Å². The fourth-order valence-corrected chi connectivity index (χ4v) is 3.97. The van der Waals surface area contributed by atoms with Crippen LogP contribution in [0, 0.1) is 0 Å². The maximum atomic E-state index is 12.8. The van der Waals surface area contributed by atoms with Crippen molar-refractivity contribution in [2.45, 2.75) is 4.90 Å². The van der Waals surface area contributed by atoms with Crippen LogP contribution in [-0.2, 0) is 11.0 Å². The first-order valence-electron chi connectivity index (χ1n) is 8.93. The highest BCUT2D eigenvalue weighted by Crippen LogP contribution is 2.29. The number of aromatic nitrogens is 2. The van der Waals surface area contributed by atoms with E-state index in [-0.39, 0.29) is 0 Å². The van der Waals surface area contributed by atoms with Crippen LogP contribution in [0.3, 0.4) is 0 Å². The number of anilines is 3. The van der Waals surface area contributed by atoms with Crippen LogP contribution in [-0.4, -0.2) is 14.2 Å². The third kappa shape index (κ3) is 4.46. The number of benzene rings is 3. The Morgan fingerprint density at radius 2 is 1.57 bits per heavy atom. The molecule has 0 saturated carbocycles. The van der Waals surface area contributed by atoms with Gasteiger partial charge in [0.05, 0.1) is 15.9 Å². The maximum absolute atomic E-state index is 12.8. The molecule has 1 heterocycles. The van der Waals surface area contributed by atoms with E-state index in [0.29, 0.717) is 37.6 Å². The number of halogens is 2. The highest BCUT2D eigenvalue weighted by Gasteiger charge is 2.13. The molecule has 8 heteroatoms. The summed E-state index contributed by atoms with van der Waals surface area (Å²) in [5, 5.41) is 4.34. The number of hydrogen-bond donors (Lipinski definition) is 2. The van der Waals surface area contributed by atoms with E-state index in [1.807, 2.05) is 36.4 Å². The Morgan fingerprint density at radius 1 is 0.900 bits per heavy atom. The second kappa shape index (κ2) is 8.83. The first kappa shape index (κ1) is 20.3. The van der Waals surface area contributed by atoms with Gasteiger partial charge in [-0.15, -0.1) is 0 Å². The summed E-state index contributed by atoms with van der Waals surface area (Å²) in [4.78, 5) is 9.82. The molecule has 5 nitrogen and oxygen atoms in total. The number of rotatable bonds is 6. The number of hydrogen-bond acceptors (Lipinski definition) is 4. The highest BCUT2D eigenvalue weighted by molar-refractivity contribution is 7.86. The third-order valence-corrected chi connectivity index (χ3v) is 5.93. The van der Waals surface area contributed by atoms with Gasteiger partial charge in [-0.2, -0.15) is 0 Å². The van der Waals surface area contributed by atoms with Crippen molar-refractivity contribution >= 4 is 68.6 Å². The van der Waals surface area contributed by atoms with Gasteiger partial charge in [0.1, 0.15) is 0 Å². The first-order valence-corrected chi connectivity index (χ1v) is 10.8. The quantitative estimate of drug-likeness (QED) is 0.350. The average Bonchev–Trinajstić information content (AvgIpc) is 2.74. The lowest BCUT2D eigenvalue weighted by Crippen LogP contribution is -2.10. The van der Waals surface area contributed by atoms with Crippen LogP contribution >= 0.6 is 23.2 Å². The largest absolute Gasteiger partial charge is 0.337 e. The molecule has 0 aliphatic rings. The molecule has 0 aliphatic heterocycles. The van der Waals surface area contributed by atoms with Crippen molar-refractivity contribution in [2.75, 3.05) is 10.0 Å². The molecule has 0 radical (unpaired) electrons. The lowest BCUT2D eigenvalue weighted by Gasteiger charge is -2.14. The number of nitrogens with one attached hydrogen (secondary N) is 2. The van der Waals surface area contributed by atoms with E-state index in [1.54, 1.807) is 36.4 Å². The van der Waals surface area contributed by atoms with Gasteiger partial charge in [-0.3, -0.25) is 4.72 Å². The second-order valence-electron chi connectivity index (χ2n) is 6.30. The molecule has 0 spiro atoms. The first-order chi connectivity index (χ1) is 14.5. The van der Waals surface area contributed by atoms with E-state index < -0.39 is 11.0 Å². The molecular weight excluding hydrogens is 439 g/mol. The SMILES string of the molecule is C=Cc1ccc(Nc2nc3ccccc3nc2NS(=O)c2ccc(Cl)cc2)cc1Cl. The molecule has 0 amide bonds. The Morgan fingerprint density at radius 3 is 2.20 bits per heavy atom. The van der Waals surface area contributed by atoms with Crippen molar-refractivity contribution < 1.29 is 4.21 Å². The molecule has 150 valence electrons. The summed E-state index contributed by atoms with van der Waals surface area (Å²) in [6.45, 7) is 3.74. The summed E-state index contributed by atoms with van der Waals surface area (Å²) in [6.07, 6.45) is 1.68. The smallest absolute Gasteiger partial charge is 0.182 e. The lowest BCUT2D eigenvalue weighted by molar-refractivity contribution is 0.686. The standard InChI is InChI=1S/C22H16Cl2N4OS/c1-2-14-7-10-16(13-18(14)24)25-21-22(27-20-6-4-3-5-19(20)26-21)28-30(29)17-11-8-15(23)9-12-17/h2-13H,1H2,(H,25,26)(H,27,28). The van der Waals surface area contributed by atoms with Crippen LogP contribution < -0.4 is 10.0 Å². The number of para-hydroxylation sites is 2. The van der Waals surface area contributed by atoms with Gasteiger partial charge in [-0.1, -0.05) is 54.1 Å². The Balaban J connectivity index is 1.72. The summed E-state index contributed by atoms with van der Waals surface area (Å²) >= 11 is 12.2. The Labute approximate surface area is 186 Å². The molecule has 4 aromatic rings. The van der Waals surface area contributed by atoms with Crippen LogP contribution in [0.2, 0.25) is 10.0 Å². The summed E-state index contributed by atoms with van der Waals surface area (Å²) in [7, 11) is -1.55. The molecule has 0 bridgehead atoms. The molecule has 1 unspecified atom stereocenters. The zero-order valence-corrected chi connectivity index (χ0v) is 17.9. The fourth-order valence-electron chi connectivity index (χ4n) is 2.77. The van der Waals surface area contributed by atoms with Gasteiger partial charge in [0.15, 0.2) is 22.6 Å². The molecule has 30 heavy (non-hydrogen) atoms. The Bertz CT molecular complexity index is 1260. The van der Waals surface area contributed by atoms with Gasteiger partial charge in [0.2, 0.25) is 0 Å². The van der Waals surface area contributed by atoms with Crippen LogP contribution in [0.4, 0.5) is 17.3 Å². The molecule has 0 fully saturated rings. The molecular formula is C22H16Cl2N4OS.